The van der Waals surface area contributed by atoms with Gasteiger partial charge in [0.1, 0.15) is 24.7 Å². The summed E-state index contributed by atoms with van der Waals surface area (Å²) in [5, 5.41) is 5.93. The number of amides is 1. The zero-order valence-electron chi connectivity index (χ0n) is 16.4. The molecule has 0 aromatic heterocycles. The summed E-state index contributed by atoms with van der Waals surface area (Å²) >= 11 is 0. The van der Waals surface area contributed by atoms with Crippen molar-refractivity contribution in [1.82, 2.24) is 0 Å². The van der Waals surface area contributed by atoms with E-state index < -0.39 is 0 Å². The van der Waals surface area contributed by atoms with Gasteiger partial charge in [-0.1, -0.05) is 6.07 Å². The molecule has 2 aromatic rings. The predicted octanol–water partition coefficient (Wildman–Crippen LogP) is 3.18. The molecule has 0 fully saturated rings. The number of carbonyl (C=O) groups excluding carboxylic acids is 1. The third-order valence-corrected chi connectivity index (χ3v) is 3.68. The molecule has 0 atom stereocenters. The Kier molecular flexibility index (Phi) is 9.68. The minimum atomic E-state index is -0.146. The van der Waals surface area contributed by atoms with Crippen LogP contribution in [0.4, 0.5) is 11.4 Å². The van der Waals surface area contributed by atoms with E-state index in [0.29, 0.717) is 44.5 Å². The van der Waals surface area contributed by atoms with Gasteiger partial charge in [-0.3, -0.25) is 4.79 Å². The maximum Gasteiger partial charge on any atom is 0.243 e. The Bertz CT molecular complexity index is 706. The molecule has 152 valence electrons. The average molecular weight is 388 g/mol. The molecule has 0 bridgehead atoms. The van der Waals surface area contributed by atoms with Gasteiger partial charge in [-0.25, -0.2) is 0 Å². The van der Waals surface area contributed by atoms with E-state index in [2.05, 4.69) is 10.6 Å². The van der Waals surface area contributed by atoms with Gasteiger partial charge in [0, 0.05) is 31.2 Å². The first-order chi connectivity index (χ1) is 13.7. The number of benzene rings is 2. The van der Waals surface area contributed by atoms with Crippen LogP contribution in [-0.4, -0.2) is 52.6 Å². The third kappa shape index (κ3) is 8.28. The Morgan fingerprint density at radius 1 is 0.893 bits per heavy atom. The number of anilines is 2. The van der Waals surface area contributed by atoms with Crippen molar-refractivity contribution in [3.8, 4) is 11.5 Å². The van der Waals surface area contributed by atoms with E-state index in [1.165, 1.54) is 0 Å². The van der Waals surface area contributed by atoms with Gasteiger partial charge in [-0.2, -0.15) is 0 Å². The van der Waals surface area contributed by atoms with E-state index >= 15 is 0 Å². The Hall–Kier alpha value is -2.77. The van der Waals surface area contributed by atoms with E-state index in [1.54, 1.807) is 13.2 Å². The topological polar surface area (TPSA) is 78.1 Å². The Labute approximate surface area is 165 Å². The minimum absolute atomic E-state index is 0.146. The van der Waals surface area contributed by atoms with Crippen molar-refractivity contribution in [2.24, 2.45) is 0 Å². The molecule has 7 heteroatoms. The summed E-state index contributed by atoms with van der Waals surface area (Å²) in [6.07, 6.45) is 0. The van der Waals surface area contributed by atoms with Gasteiger partial charge in [-0.05, 0) is 43.3 Å². The number of hydrogen-bond acceptors (Lipinski definition) is 6. The highest BCUT2D eigenvalue weighted by Crippen LogP contribution is 2.18. The molecule has 1 amide bonds. The van der Waals surface area contributed by atoms with Gasteiger partial charge < -0.3 is 29.6 Å². The van der Waals surface area contributed by atoms with Gasteiger partial charge in [0.25, 0.3) is 0 Å². The van der Waals surface area contributed by atoms with E-state index in [0.717, 1.165) is 11.4 Å². The second kappa shape index (κ2) is 12.6. The lowest BCUT2D eigenvalue weighted by atomic mass is 10.3. The van der Waals surface area contributed by atoms with Crippen LogP contribution in [0.25, 0.3) is 0 Å². The van der Waals surface area contributed by atoms with Gasteiger partial charge in [-0.15, -0.1) is 0 Å². The van der Waals surface area contributed by atoms with Crippen LogP contribution in [0.1, 0.15) is 6.92 Å². The lowest BCUT2D eigenvalue weighted by Gasteiger charge is -2.11. The van der Waals surface area contributed by atoms with Gasteiger partial charge in [0.2, 0.25) is 5.91 Å². The van der Waals surface area contributed by atoms with Crippen LogP contribution in [0, 0.1) is 0 Å². The highest BCUT2D eigenvalue weighted by atomic mass is 16.5. The second-order valence-electron chi connectivity index (χ2n) is 5.84. The number of ether oxygens (including phenoxy) is 4. The molecule has 2 rings (SSSR count). The summed E-state index contributed by atoms with van der Waals surface area (Å²) in [5.74, 6) is 1.30. The van der Waals surface area contributed by atoms with Crippen LogP contribution in [0.15, 0.2) is 48.5 Å². The average Bonchev–Trinajstić information content (AvgIpc) is 2.71. The monoisotopic (exact) mass is 388 g/mol. The van der Waals surface area contributed by atoms with Crippen LogP contribution in [-0.2, 0) is 14.3 Å². The van der Waals surface area contributed by atoms with E-state index in [-0.39, 0.29) is 12.5 Å². The summed E-state index contributed by atoms with van der Waals surface area (Å²) in [4.78, 5) is 12.2. The molecule has 0 spiro atoms. The molecule has 7 nitrogen and oxygen atoms in total. The number of hydrogen-bond donors (Lipinski definition) is 2. The van der Waals surface area contributed by atoms with Crippen molar-refractivity contribution in [3.05, 3.63) is 48.5 Å². The van der Waals surface area contributed by atoms with Crippen molar-refractivity contribution >= 4 is 17.3 Å². The molecule has 0 aliphatic heterocycles. The van der Waals surface area contributed by atoms with E-state index in [9.17, 15) is 4.79 Å². The van der Waals surface area contributed by atoms with Crippen LogP contribution < -0.4 is 20.1 Å². The molecule has 2 N–H and O–H groups in total. The Morgan fingerprint density at radius 2 is 1.64 bits per heavy atom. The summed E-state index contributed by atoms with van der Waals surface area (Å²) in [5.41, 5.74) is 1.52. The van der Waals surface area contributed by atoms with Crippen LogP contribution in [0.5, 0.6) is 11.5 Å². The van der Waals surface area contributed by atoms with Gasteiger partial charge in [0.15, 0.2) is 0 Å². The largest absolute Gasteiger partial charge is 0.491 e. The highest BCUT2D eigenvalue weighted by molar-refractivity contribution is 5.93. The fraction of sp³-hybridized carbons (Fsp3) is 0.381. The van der Waals surface area contributed by atoms with Crippen molar-refractivity contribution < 1.29 is 23.7 Å². The summed E-state index contributed by atoms with van der Waals surface area (Å²) < 4.78 is 21.3. The lowest BCUT2D eigenvalue weighted by Crippen LogP contribution is -2.21. The van der Waals surface area contributed by atoms with Crippen LogP contribution in [0.3, 0.4) is 0 Å². The lowest BCUT2D eigenvalue weighted by molar-refractivity contribution is -0.114. The molecule has 0 heterocycles. The zero-order chi connectivity index (χ0) is 20.0. The van der Waals surface area contributed by atoms with Gasteiger partial charge >= 0.3 is 0 Å². The standard InChI is InChI=1S/C21H28N2O5/c1-3-26-12-14-28-20-6-4-5-18(15-20)23-21(24)16-22-17-7-9-19(10-8-17)27-13-11-25-2/h4-10,15,22H,3,11-14,16H2,1-2H3,(H,23,24). The molecule has 0 aliphatic rings. The molecule has 0 saturated heterocycles. The van der Waals surface area contributed by atoms with Gasteiger partial charge in [0.05, 0.1) is 19.8 Å². The SMILES string of the molecule is CCOCCOc1cccc(NC(=O)CNc2ccc(OCCOC)cc2)c1. The maximum absolute atomic E-state index is 12.2. The summed E-state index contributed by atoms with van der Waals surface area (Å²) in [6.45, 7) is 4.80. The van der Waals surface area contributed by atoms with Crippen molar-refractivity contribution in [2.45, 2.75) is 6.92 Å². The molecule has 2 aromatic carbocycles. The smallest absolute Gasteiger partial charge is 0.243 e. The molecule has 0 saturated carbocycles. The molecule has 0 radical (unpaired) electrons. The number of carbonyl (C=O) groups is 1. The Balaban J connectivity index is 1.74. The van der Waals surface area contributed by atoms with E-state index in [1.807, 2.05) is 49.4 Å². The maximum atomic E-state index is 12.2. The zero-order valence-corrected chi connectivity index (χ0v) is 16.4. The first-order valence-electron chi connectivity index (χ1n) is 9.27. The van der Waals surface area contributed by atoms with Crippen molar-refractivity contribution in [3.63, 3.8) is 0 Å². The fourth-order valence-corrected chi connectivity index (χ4v) is 2.33. The minimum Gasteiger partial charge on any atom is -0.491 e. The summed E-state index contributed by atoms with van der Waals surface area (Å²) in [7, 11) is 1.63. The quantitative estimate of drug-likeness (QED) is 0.513. The molecule has 0 unspecified atom stereocenters. The molecule has 0 aliphatic carbocycles. The predicted molar refractivity (Wildman–Crippen MR) is 109 cm³/mol. The summed E-state index contributed by atoms with van der Waals surface area (Å²) in [6, 6.07) is 14.7. The number of nitrogens with one attached hydrogen (secondary N) is 2. The van der Waals surface area contributed by atoms with E-state index in [4.69, 9.17) is 18.9 Å². The van der Waals surface area contributed by atoms with Crippen molar-refractivity contribution in [1.29, 1.82) is 0 Å². The molecular formula is C21H28N2O5. The van der Waals surface area contributed by atoms with Crippen LogP contribution >= 0.6 is 0 Å². The molecular weight excluding hydrogens is 360 g/mol. The Morgan fingerprint density at radius 3 is 2.39 bits per heavy atom. The van der Waals surface area contributed by atoms with Crippen molar-refractivity contribution in [2.75, 3.05) is 57.3 Å². The molecule has 28 heavy (non-hydrogen) atoms. The second-order valence-corrected chi connectivity index (χ2v) is 5.84. The fourth-order valence-electron chi connectivity index (χ4n) is 2.33. The van der Waals surface area contributed by atoms with Crippen LogP contribution in [0.2, 0.25) is 0 Å². The first-order valence-corrected chi connectivity index (χ1v) is 9.27. The number of methoxy groups -OCH3 is 1. The third-order valence-electron chi connectivity index (χ3n) is 3.68. The first kappa shape index (κ1) is 21.5. The number of rotatable bonds is 13. The highest BCUT2D eigenvalue weighted by Gasteiger charge is 2.04. The normalized spacial score (nSPS) is 10.4.